The highest BCUT2D eigenvalue weighted by molar-refractivity contribution is 6.06. The maximum absolute atomic E-state index is 13.3. The molecule has 0 radical (unpaired) electrons. The Morgan fingerprint density at radius 2 is 2.00 bits per heavy atom. The number of nitrogens with zero attached hydrogens (tertiary/aromatic N) is 2. The van der Waals surface area contributed by atoms with Crippen molar-refractivity contribution >= 4 is 17.6 Å². The minimum Gasteiger partial charge on any atom is -0.478 e. The average Bonchev–Trinajstić information content (AvgIpc) is 2.65. The van der Waals surface area contributed by atoms with Gasteiger partial charge >= 0.3 is 5.97 Å². The van der Waals surface area contributed by atoms with E-state index in [2.05, 4.69) is 10.4 Å². The van der Waals surface area contributed by atoms with E-state index >= 15 is 0 Å². The molecule has 0 saturated heterocycles. The van der Waals surface area contributed by atoms with Gasteiger partial charge in [-0.25, -0.2) is 9.18 Å². The highest BCUT2D eigenvalue weighted by atomic mass is 19.1. The number of aromatic nitrogens is 2. The molecular formula is C14H14FN3O3. The fourth-order valence-electron chi connectivity index (χ4n) is 2.06. The second kappa shape index (κ2) is 5.35. The molecule has 1 heterocycles. The van der Waals surface area contributed by atoms with Gasteiger partial charge < -0.3 is 10.4 Å². The minimum absolute atomic E-state index is 0.210. The van der Waals surface area contributed by atoms with Gasteiger partial charge in [-0.05, 0) is 32.0 Å². The first-order valence-corrected chi connectivity index (χ1v) is 6.15. The number of anilines is 1. The Balaban J connectivity index is 2.32. The number of hydrogen-bond donors (Lipinski definition) is 2. The monoisotopic (exact) mass is 291 g/mol. The Bertz CT molecular complexity index is 737. The molecule has 21 heavy (non-hydrogen) atoms. The number of amides is 1. The smallest absolute Gasteiger partial charge is 0.338 e. The van der Waals surface area contributed by atoms with E-state index in [1.165, 1.54) is 6.07 Å². The van der Waals surface area contributed by atoms with Crippen molar-refractivity contribution in [2.75, 3.05) is 5.32 Å². The van der Waals surface area contributed by atoms with E-state index in [0.29, 0.717) is 17.0 Å². The van der Waals surface area contributed by atoms with Gasteiger partial charge in [0.1, 0.15) is 5.82 Å². The van der Waals surface area contributed by atoms with Crippen LogP contribution in [0.25, 0.3) is 0 Å². The number of nitrogens with one attached hydrogen (secondary N) is 1. The molecule has 1 aromatic carbocycles. The summed E-state index contributed by atoms with van der Waals surface area (Å²) in [6.45, 7) is 3.46. The average molecular weight is 291 g/mol. The van der Waals surface area contributed by atoms with Gasteiger partial charge in [0.2, 0.25) is 0 Å². The number of benzene rings is 1. The summed E-state index contributed by atoms with van der Waals surface area (Å²) in [5.41, 5.74) is 1.38. The maximum atomic E-state index is 13.3. The summed E-state index contributed by atoms with van der Waals surface area (Å²) >= 11 is 0. The Hall–Kier alpha value is -2.70. The molecule has 2 N–H and O–H groups in total. The number of aryl methyl sites for hydroxylation is 2. The van der Waals surface area contributed by atoms with Crippen LogP contribution in [-0.4, -0.2) is 26.8 Å². The first kappa shape index (κ1) is 14.7. The van der Waals surface area contributed by atoms with Crippen LogP contribution in [0.3, 0.4) is 0 Å². The lowest BCUT2D eigenvalue weighted by Crippen LogP contribution is -2.15. The molecule has 2 aromatic rings. The summed E-state index contributed by atoms with van der Waals surface area (Å²) in [4.78, 5) is 23.1. The molecule has 110 valence electrons. The number of hydrogen-bond acceptors (Lipinski definition) is 3. The number of carboxylic acid groups (broad SMARTS) is 1. The minimum atomic E-state index is -1.39. The number of carbonyl (C=O) groups excluding carboxylic acids is 1. The number of carbonyl (C=O) groups is 2. The molecule has 0 atom stereocenters. The van der Waals surface area contributed by atoms with Gasteiger partial charge in [0.25, 0.3) is 5.91 Å². The molecule has 0 spiro atoms. The van der Waals surface area contributed by atoms with Crippen LogP contribution in [0.15, 0.2) is 18.2 Å². The third-order valence-corrected chi connectivity index (χ3v) is 3.19. The number of aromatic carboxylic acids is 1. The van der Waals surface area contributed by atoms with Gasteiger partial charge in [-0.1, -0.05) is 0 Å². The molecule has 0 fully saturated rings. The molecular weight excluding hydrogens is 277 g/mol. The van der Waals surface area contributed by atoms with E-state index in [0.717, 1.165) is 12.1 Å². The molecule has 0 unspecified atom stereocenters. The molecule has 2 rings (SSSR count). The van der Waals surface area contributed by atoms with Crippen LogP contribution in [0.1, 0.15) is 32.1 Å². The van der Waals surface area contributed by atoms with E-state index in [1.807, 2.05) is 0 Å². The Labute approximate surface area is 120 Å². The third-order valence-electron chi connectivity index (χ3n) is 3.19. The third kappa shape index (κ3) is 2.76. The lowest BCUT2D eigenvalue weighted by molar-refractivity contribution is 0.0691. The van der Waals surface area contributed by atoms with Crippen molar-refractivity contribution in [3.05, 3.63) is 46.5 Å². The summed E-state index contributed by atoms with van der Waals surface area (Å²) in [7, 11) is 1.72. The standard InChI is InChI=1S/C14H14FN3O3/c1-7-12(8(2)18(3)17-7)13(19)16-9-4-5-11(15)10(6-9)14(20)21/h4-6H,1-3H3,(H,16,19)(H,20,21). The molecule has 0 aliphatic heterocycles. The largest absolute Gasteiger partial charge is 0.478 e. The molecule has 1 aromatic heterocycles. The van der Waals surface area contributed by atoms with Crippen molar-refractivity contribution in [1.29, 1.82) is 0 Å². The number of rotatable bonds is 3. The van der Waals surface area contributed by atoms with Crippen LogP contribution < -0.4 is 5.32 Å². The van der Waals surface area contributed by atoms with Gasteiger partial charge in [-0.3, -0.25) is 9.48 Å². The van der Waals surface area contributed by atoms with Crippen molar-refractivity contribution in [2.24, 2.45) is 7.05 Å². The fraction of sp³-hybridized carbons (Fsp3) is 0.214. The first-order valence-electron chi connectivity index (χ1n) is 6.15. The molecule has 6 nitrogen and oxygen atoms in total. The van der Waals surface area contributed by atoms with E-state index < -0.39 is 23.3 Å². The van der Waals surface area contributed by atoms with Crippen molar-refractivity contribution in [2.45, 2.75) is 13.8 Å². The lowest BCUT2D eigenvalue weighted by atomic mass is 10.1. The van der Waals surface area contributed by atoms with Crippen LogP contribution in [0.4, 0.5) is 10.1 Å². The second-order valence-corrected chi connectivity index (χ2v) is 4.62. The molecule has 1 amide bonds. The Morgan fingerprint density at radius 1 is 1.33 bits per heavy atom. The normalized spacial score (nSPS) is 10.5. The summed E-state index contributed by atoms with van der Waals surface area (Å²) in [6.07, 6.45) is 0. The zero-order valence-corrected chi connectivity index (χ0v) is 11.8. The maximum Gasteiger partial charge on any atom is 0.338 e. The van der Waals surface area contributed by atoms with Gasteiger partial charge in [-0.2, -0.15) is 5.10 Å². The molecule has 0 aliphatic carbocycles. The van der Waals surface area contributed by atoms with Gasteiger partial charge in [0.05, 0.1) is 16.8 Å². The summed E-state index contributed by atoms with van der Waals surface area (Å²) in [5.74, 6) is -2.66. The Morgan fingerprint density at radius 3 is 2.52 bits per heavy atom. The molecule has 0 saturated carbocycles. The molecule has 0 aliphatic rings. The van der Waals surface area contributed by atoms with Crippen LogP contribution in [0.5, 0.6) is 0 Å². The van der Waals surface area contributed by atoms with Gasteiger partial charge in [0.15, 0.2) is 0 Å². The topological polar surface area (TPSA) is 84.2 Å². The second-order valence-electron chi connectivity index (χ2n) is 4.62. The number of carboxylic acids is 1. The highest BCUT2D eigenvalue weighted by Gasteiger charge is 2.18. The zero-order chi connectivity index (χ0) is 15.7. The first-order chi connectivity index (χ1) is 9.81. The van der Waals surface area contributed by atoms with Crippen molar-refractivity contribution in [1.82, 2.24) is 9.78 Å². The lowest BCUT2D eigenvalue weighted by Gasteiger charge is -2.07. The zero-order valence-electron chi connectivity index (χ0n) is 11.8. The Kier molecular flexibility index (Phi) is 3.75. The predicted octanol–water partition coefficient (Wildman–Crippen LogP) is 2.13. The summed E-state index contributed by atoms with van der Waals surface area (Å²) in [5, 5.41) is 15.6. The molecule has 0 bridgehead atoms. The summed E-state index contributed by atoms with van der Waals surface area (Å²) in [6, 6.07) is 3.39. The number of halogens is 1. The van der Waals surface area contributed by atoms with E-state index in [9.17, 15) is 14.0 Å². The van der Waals surface area contributed by atoms with Crippen LogP contribution >= 0.6 is 0 Å². The van der Waals surface area contributed by atoms with Crippen molar-refractivity contribution in [3.8, 4) is 0 Å². The fourth-order valence-corrected chi connectivity index (χ4v) is 2.06. The highest BCUT2D eigenvalue weighted by Crippen LogP contribution is 2.18. The van der Waals surface area contributed by atoms with Crippen molar-refractivity contribution in [3.63, 3.8) is 0 Å². The van der Waals surface area contributed by atoms with E-state index in [4.69, 9.17) is 5.11 Å². The van der Waals surface area contributed by atoms with Crippen molar-refractivity contribution < 1.29 is 19.1 Å². The van der Waals surface area contributed by atoms with Crippen LogP contribution in [0, 0.1) is 19.7 Å². The van der Waals surface area contributed by atoms with Crippen LogP contribution in [-0.2, 0) is 7.05 Å². The van der Waals surface area contributed by atoms with E-state index in [-0.39, 0.29) is 5.69 Å². The quantitative estimate of drug-likeness (QED) is 0.907. The van der Waals surface area contributed by atoms with Gasteiger partial charge in [0, 0.05) is 18.4 Å². The predicted molar refractivity (Wildman–Crippen MR) is 74.0 cm³/mol. The SMILES string of the molecule is Cc1nn(C)c(C)c1C(=O)Nc1ccc(F)c(C(=O)O)c1. The summed E-state index contributed by atoms with van der Waals surface area (Å²) < 4.78 is 14.9. The van der Waals surface area contributed by atoms with Gasteiger partial charge in [-0.15, -0.1) is 0 Å². The van der Waals surface area contributed by atoms with Crippen LogP contribution in [0.2, 0.25) is 0 Å². The van der Waals surface area contributed by atoms with E-state index in [1.54, 1.807) is 25.6 Å². The molecule has 7 heteroatoms.